The van der Waals surface area contributed by atoms with Crippen molar-refractivity contribution >= 4 is 11.6 Å². The summed E-state index contributed by atoms with van der Waals surface area (Å²) in [7, 11) is 0. The van der Waals surface area contributed by atoms with Gasteiger partial charge in [-0.2, -0.15) is 10.5 Å². The second kappa shape index (κ2) is 11.8. The van der Waals surface area contributed by atoms with Crippen molar-refractivity contribution in [2.45, 2.75) is 45.7 Å². The van der Waals surface area contributed by atoms with Crippen LogP contribution in [0, 0.1) is 36.5 Å². The molecule has 3 aliphatic rings. The van der Waals surface area contributed by atoms with Crippen molar-refractivity contribution in [1.82, 2.24) is 14.7 Å². The summed E-state index contributed by atoms with van der Waals surface area (Å²) in [5.41, 5.74) is 7.56. The Hall–Kier alpha value is -4.07. The van der Waals surface area contributed by atoms with E-state index >= 15 is 0 Å². The molecule has 7 nitrogen and oxygen atoms in total. The van der Waals surface area contributed by atoms with E-state index in [1.165, 1.54) is 11.1 Å². The molecule has 39 heavy (non-hydrogen) atoms. The van der Waals surface area contributed by atoms with Crippen LogP contribution in [0.2, 0.25) is 0 Å². The highest BCUT2D eigenvalue weighted by Crippen LogP contribution is 2.26. The lowest BCUT2D eigenvalue weighted by atomic mass is 9.98. The Labute approximate surface area is 231 Å². The number of hydrogen-bond acceptors (Lipinski definition) is 6. The molecule has 0 bridgehead atoms. The molecule has 0 radical (unpaired) electrons. The summed E-state index contributed by atoms with van der Waals surface area (Å²) in [5, 5.41) is 22.4. The highest BCUT2D eigenvalue weighted by molar-refractivity contribution is 5.96. The normalized spacial score (nSPS) is 19.6. The third-order valence-corrected chi connectivity index (χ3v) is 8.14. The van der Waals surface area contributed by atoms with Gasteiger partial charge in [0.2, 0.25) is 0 Å². The molecular weight excluding hydrogens is 484 g/mol. The minimum absolute atomic E-state index is 0.0937. The average Bonchev–Trinajstić information content (AvgIpc) is 3.41. The van der Waals surface area contributed by atoms with Crippen LogP contribution >= 0.6 is 0 Å². The molecule has 5 rings (SSSR count). The monoisotopic (exact) mass is 520 g/mol. The van der Waals surface area contributed by atoms with Crippen LogP contribution in [0.15, 0.2) is 59.8 Å². The van der Waals surface area contributed by atoms with Gasteiger partial charge in [0.25, 0.3) is 5.91 Å². The zero-order valence-electron chi connectivity index (χ0n) is 22.9. The Morgan fingerprint density at radius 1 is 0.974 bits per heavy atom. The molecule has 1 amide bonds. The standard InChI is InChI=1S/C32H36N6O/c1-23-17-24(2)29(32(39)38-15-13-37(14-16-38)31-10-6-4-8-26(31)20-34)18-27(23)21-36-12-11-28(22-36)35-30-9-5-3-7-25(30)19-33/h3,5,7-10,17-18,28,35H,4,6,11-16,21-22H2,1-2H3. The van der Waals surface area contributed by atoms with Crippen LogP contribution in [0.5, 0.6) is 0 Å². The van der Waals surface area contributed by atoms with Crippen LogP contribution in [0.4, 0.5) is 5.69 Å². The summed E-state index contributed by atoms with van der Waals surface area (Å²) in [6.07, 6.45) is 7.08. The number of anilines is 1. The molecule has 0 saturated carbocycles. The van der Waals surface area contributed by atoms with E-state index in [1.54, 1.807) is 0 Å². The number of nitrogens with one attached hydrogen (secondary N) is 1. The van der Waals surface area contributed by atoms with Crippen molar-refractivity contribution in [2.75, 3.05) is 44.6 Å². The van der Waals surface area contributed by atoms with Crippen molar-refractivity contribution in [2.24, 2.45) is 0 Å². The Kier molecular flexibility index (Phi) is 8.00. The van der Waals surface area contributed by atoms with Crippen LogP contribution in [0.3, 0.4) is 0 Å². The first kappa shape index (κ1) is 26.5. The molecule has 0 spiro atoms. The number of amides is 1. The van der Waals surface area contributed by atoms with Crippen molar-refractivity contribution in [1.29, 1.82) is 10.5 Å². The molecule has 0 aromatic heterocycles. The zero-order valence-corrected chi connectivity index (χ0v) is 22.9. The highest BCUT2D eigenvalue weighted by Gasteiger charge is 2.27. The van der Waals surface area contributed by atoms with Crippen LogP contribution in [0.25, 0.3) is 0 Å². The number of aryl methyl sites for hydroxylation is 2. The molecule has 1 atom stereocenters. The van der Waals surface area contributed by atoms with Crippen molar-refractivity contribution < 1.29 is 4.79 Å². The number of benzene rings is 2. The summed E-state index contributed by atoms with van der Waals surface area (Å²) in [4.78, 5) is 20.3. The lowest BCUT2D eigenvalue weighted by molar-refractivity contribution is 0.0670. The van der Waals surface area contributed by atoms with E-state index < -0.39 is 0 Å². The van der Waals surface area contributed by atoms with E-state index in [0.29, 0.717) is 24.7 Å². The van der Waals surface area contributed by atoms with Gasteiger partial charge >= 0.3 is 0 Å². The van der Waals surface area contributed by atoms with E-state index in [9.17, 15) is 15.3 Å². The molecule has 200 valence electrons. The maximum atomic E-state index is 13.6. The average molecular weight is 521 g/mol. The van der Waals surface area contributed by atoms with Gasteiger partial charge < -0.3 is 15.1 Å². The maximum absolute atomic E-state index is 13.6. The first-order valence-electron chi connectivity index (χ1n) is 13.9. The fraction of sp³-hybridized carbons (Fsp3) is 0.406. The van der Waals surface area contributed by atoms with Gasteiger partial charge in [-0.1, -0.05) is 30.4 Å². The third kappa shape index (κ3) is 5.85. The molecule has 1 aliphatic carbocycles. The summed E-state index contributed by atoms with van der Waals surface area (Å²) in [6.45, 7) is 9.62. The number of piperazine rings is 1. The fourth-order valence-corrected chi connectivity index (χ4v) is 5.94. The molecule has 2 aromatic rings. The number of carbonyl (C=O) groups is 1. The number of allylic oxidation sites excluding steroid dienone is 3. The lowest BCUT2D eigenvalue weighted by Crippen LogP contribution is -2.48. The zero-order chi connectivity index (χ0) is 27.4. The van der Waals surface area contributed by atoms with E-state index in [1.807, 2.05) is 42.2 Å². The topological polar surface area (TPSA) is 86.4 Å². The molecule has 7 heteroatoms. The maximum Gasteiger partial charge on any atom is 0.254 e. The van der Waals surface area contributed by atoms with Gasteiger partial charge in [0.05, 0.1) is 22.5 Å². The number of rotatable bonds is 6. The Bertz CT molecular complexity index is 1390. The van der Waals surface area contributed by atoms with Gasteiger partial charge in [0.1, 0.15) is 12.1 Å². The predicted octanol–water partition coefficient (Wildman–Crippen LogP) is 4.75. The molecular formula is C32H36N6O. The van der Waals surface area contributed by atoms with Gasteiger partial charge in [-0.15, -0.1) is 0 Å². The van der Waals surface area contributed by atoms with Crippen LogP contribution in [-0.4, -0.2) is 65.9 Å². The molecule has 2 fully saturated rings. The van der Waals surface area contributed by atoms with Gasteiger partial charge in [-0.05, 0) is 68.0 Å². The van der Waals surface area contributed by atoms with E-state index in [2.05, 4.69) is 52.4 Å². The summed E-state index contributed by atoms with van der Waals surface area (Å²) < 4.78 is 0. The summed E-state index contributed by atoms with van der Waals surface area (Å²) >= 11 is 0. The van der Waals surface area contributed by atoms with E-state index in [-0.39, 0.29) is 5.91 Å². The lowest BCUT2D eigenvalue weighted by Gasteiger charge is -2.38. The third-order valence-electron chi connectivity index (χ3n) is 8.14. The van der Waals surface area contributed by atoms with Crippen LogP contribution in [-0.2, 0) is 6.54 Å². The quantitative estimate of drug-likeness (QED) is 0.592. The fourth-order valence-electron chi connectivity index (χ4n) is 5.94. The Morgan fingerprint density at radius 3 is 2.51 bits per heavy atom. The van der Waals surface area contributed by atoms with Gasteiger partial charge in [0.15, 0.2) is 0 Å². The van der Waals surface area contributed by atoms with E-state index in [0.717, 1.165) is 80.1 Å². The van der Waals surface area contributed by atoms with Gasteiger partial charge in [0, 0.05) is 57.4 Å². The second-order valence-corrected chi connectivity index (χ2v) is 10.8. The number of para-hydroxylation sites is 1. The first-order valence-corrected chi connectivity index (χ1v) is 13.9. The predicted molar refractivity (Wildman–Crippen MR) is 153 cm³/mol. The molecule has 2 aromatic carbocycles. The van der Waals surface area contributed by atoms with Crippen molar-refractivity contribution in [3.63, 3.8) is 0 Å². The largest absolute Gasteiger partial charge is 0.380 e. The van der Waals surface area contributed by atoms with Gasteiger partial charge in [-0.3, -0.25) is 9.69 Å². The Morgan fingerprint density at radius 2 is 1.74 bits per heavy atom. The molecule has 2 heterocycles. The summed E-state index contributed by atoms with van der Waals surface area (Å²) in [5.74, 6) is 0.0937. The summed E-state index contributed by atoms with van der Waals surface area (Å²) in [6, 6.07) is 16.8. The number of likely N-dealkylation sites (tertiary alicyclic amines) is 1. The number of nitriles is 2. The first-order chi connectivity index (χ1) is 19.0. The molecule has 1 N–H and O–H groups in total. The van der Waals surface area contributed by atoms with Crippen LogP contribution in [0.1, 0.15) is 51.9 Å². The highest BCUT2D eigenvalue weighted by atomic mass is 16.2. The van der Waals surface area contributed by atoms with E-state index in [4.69, 9.17) is 0 Å². The number of hydrogen-bond donors (Lipinski definition) is 1. The van der Waals surface area contributed by atoms with Crippen molar-refractivity contribution in [3.05, 3.63) is 87.6 Å². The minimum atomic E-state index is 0.0937. The van der Waals surface area contributed by atoms with Crippen LogP contribution < -0.4 is 5.32 Å². The number of carbonyl (C=O) groups excluding carboxylic acids is 1. The van der Waals surface area contributed by atoms with Crippen molar-refractivity contribution in [3.8, 4) is 12.1 Å². The SMILES string of the molecule is Cc1cc(C)c(C(=O)N2CCN(C3=CCCC=C3C#N)CC2)cc1CN1CCC(Nc2ccccc2C#N)C1. The minimum Gasteiger partial charge on any atom is -0.380 e. The Balaban J connectivity index is 1.22. The molecule has 2 saturated heterocycles. The molecule has 1 unspecified atom stereocenters. The van der Waals surface area contributed by atoms with Gasteiger partial charge in [-0.25, -0.2) is 0 Å². The smallest absolute Gasteiger partial charge is 0.254 e. The molecule has 2 aliphatic heterocycles. The number of nitrogens with zero attached hydrogens (tertiary/aromatic N) is 5. The second-order valence-electron chi connectivity index (χ2n) is 10.8.